The fourth-order valence-corrected chi connectivity index (χ4v) is 4.68. The fraction of sp³-hybridized carbons (Fsp3) is 0.417. The van der Waals surface area contributed by atoms with Crippen molar-refractivity contribution in [3.05, 3.63) is 65.7 Å². The third kappa shape index (κ3) is 4.57. The minimum Gasteiger partial charge on any atom is -0.383 e. The van der Waals surface area contributed by atoms with Crippen LogP contribution in [0.2, 0.25) is 0 Å². The van der Waals surface area contributed by atoms with Gasteiger partial charge in [0.2, 0.25) is 5.91 Å². The Balaban J connectivity index is 1.60. The maximum absolute atomic E-state index is 13.5. The molecule has 4 rings (SSSR count). The van der Waals surface area contributed by atoms with Crippen molar-refractivity contribution in [1.82, 2.24) is 15.1 Å². The van der Waals surface area contributed by atoms with Crippen LogP contribution in [0.15, 0.2) is 54.6 Å². The lowest BCUT2D eigenvalue weighted by Crippen LogP contribution is -2.66. The van der Waals surface area contributed by atoms with Gasteiger partial charge in [-0.2, -0.15) is 5.26 Å². The lowest BCUT2D eigenvalue weighted by molar-refractivity contribution is -0.147. The zero-order valence-corrected chi connectivity index (χ0v) is 17.9. The highest BCUT2D eigenvalue weighted by molar-refractivity contribution is 5.81. The highest BCUT2D eigenvalue weighted by atomic mass is 16.2. The summed E-state index contributed by atoms with van der Waals surface area (Å²) in [4.78, 5) is 17.6. The summed E-state index contributed by atoms with van der Waals surface area (Å²) >= 11 is 0. The lowest BCUT2D eigenvalue weighted by Gasteiger charge is -2.48. The van der Waals surface area contributed by atoms with Crippen LogP contribution in [-0.2, 0) is 4.79 Å². The maximum atomic E-state index is 13.5. The predicted octanol–water partition coefficient (Wildman–Crippen LogP) is 2.10. The Kier molecular flexibility index (Phi) is 6.52. The van der Waals surface area contributed by atoms with Crippen molar-refractivity contribution in [3.8, 4) is 6.07 Å². The molecule has 0 radical (unpaired) electrons. The van der Waals surface area contributed by atoms with Gasteiger partial charge in [0, 0.05) is 26.2 Å². The fourth-order valence-electron chi connectivity index (χ4n) is 4.68. The number of hydrogen-bond acceptors (Lipinski definition) is 6. The Hall–Kier alpha value is -2.92. The Morgan fingerprint density at radius 3 is 2.68 bits per heavy atom. The van der Waals surface area contributed by atoms with Gasteiger partial charge in [0.15, 0.2) is 0 Å². The second-order valence-corrected chi connectivity index (χ2v) is 8.42. The van der Waals surface area contributed by atoms with Crippen molar-refractivity contribution in [3.63, 3.8) is 0 Å². The zero-order chi connectivity index (χ0) is 21.8. The molecule has 0 aromatic heterocycles. The molecule has 2 aromatic rings. The number of amides is 1. The van der Waals surface area contributed by atoms with Gasteiger partial charge < -0.3 is 16.0 Å². The number of anilines is 1. The SMILES string of the molecule is CN1C(=O)C(CNc2ccccc2C#N)C(N2CCCC(N)C2)NC1c1ccccc1. The zero-order valence-electron chi connectivity index (χ0n) is 17.9. The van der Waals surface area contributed by atoms with Gasteiger partial charge in [-0.05, 0) is 37.1 Å². The number of benzene rings is 2. The average molecular weight is 419 g/mol. The van der Waals surface area contributed by atoms with E-state index in [9.17, 15) is 10.1 Å². The number of nitrogens with one attached hydrogen (secondary N) is 2. The van der Waals surface area contributed by atoms with E-state index in [-0.39, 0.29) is 30.2 Å². The summed E-state index contributed by atoms with van der Waals surface area (Å²) in [6, 6.07) is 19.8. The molecule has 1 amide bonds. The lowest BCUT2D eigenvalue weighted by atomic mass is 9.94. The molecule has 2 saturated heterocycles. The van der Waals surface area contributed by atoms with Crippen LogP contribution in [0.3, 0.4) is 0 Å². The molecule has 2 heterocycles. The van der Waals surface area contributed by atoms with E-state index in [0.717, 1.165) is 37.2 Å². The molecule has 2 aliphatic heterocycles. The Morgan fingerprint density at radius 1 is 1.19 bits per heavy atom. The number of nitriles is 1. The summed E-state index contributed by atoms with van der Waals surface area (Å²) in [7, 11) is 1.85. The van der Waals surface area contributed by atoms with Crippen LogP contribution in [0.5, 0.6) is 0 Å². The predicted molar refractivity (Wildman–Crippen MR) is 121 cm³/mol. The number of likely N-dealkylation sites (tertiary alicyclic amines) is 1. The second kappa shape index (κ2) is 9.48. The quantitative estimate of drug-likeness (QED) is 0.688. The summed E-state index contributed by atoms with van der Waals surface area (Å²) in [6.07, 6.45) is 1.70. The normalized spacial score (nSPS) is 27.0. The third-order valence-electron chi connectivity index (χ3n) is 6.32. The second-order valence-electron chi connectivity index (χ2n) is 8.42. The van der Waals surface area contributed by atoms with Crippen molar-refractivity contribution in [2.45, 2.75) is 31.2 Å². The molecular weight excluding hydrogens is 388 g/mol. The van der Waals surface area contributed by atoms with Gasteiger partial charge in [-0.1, -0.05) is 42.5 Å². The van der Waals surface area contributed by atoms with E-state index in [1.165, 1.54) is 0 Å². The molecule has 4 N–H and O–H groups in total. The van der Waals surface area contributed by atoms with Crippen LogP contribution in [0.1, 0.15) is 30.1 Å². The van der Waals surface area contributed by atoms with Gasteiger partial charge in [-0.3, -0.25) is 15.0 Å². The number of piperidine rings is 1. The highest BCUT2D eigenvalue weighted by Gasteiger charge is 2.43. The number of para-hydroxylation sites is 1. The van der Waals surface area contributed by atoms with Gasteiger partial charge in [-0.15, -0.1) is 0 Å². The Labute approximate surface area is 183 Å². The molecule has 162 valence electrons. The largest absolute Gasteiger partial charge is 0.383 e. The summed E-state index contributed by atoms with van der Waals surface area (Å²) in [5.41, 5.74) is 8.66. The van der Waals surface area contributed by atoms with Gasteiger partial charge in [0.25, 0.3) is 0 Å². The molecule has 0 aliphatic carbocycles. The molecule has 0 saturated carbocycles. The first-order chi connectivity index (χ1) is 15.1. The summed E-state index contributed by atoms with van der Waals surface area (Å²) in [5, 5.41) is 16.5. The molecule has 4 unspecified atom stereocenters. The standard InChI is InChI=1S/C24H30N6O/c1-29-22(17-8-3-2-4-9-17)28-23(30-13-7-11-19(26)16-30)20(24(29)31)15-27-21-12-6-5-10-18(21)14-25/h2-6,8-10,12,19-20,22-23,27-28H,7,11,13,15-16,26H2,1H3. The first-order valence-corrected chi connectivity index (χ1v) is 10.9. The van der Waals surface area contributed by atoms with Crippen molar-refractivity contribution < 1.29 is 4.79 Å². The van der Waals surface area contributed by atoms with E-state index in [1.54, 1.807) is 11.0 Å². The van der Waals surface area contributed by atoms with Crippen molar-refractivity contribution in [1.29, 1.82) is 5.26 Å². The summed E-state index contributed by atoms with van der Waals surface area (Å²) < 4.78 is 0. The number of nitrogens with zero attached hydrogens (tertiary/aromatic N) is 3. The summed E-state index contributed by atoms with van der Waals surface area (Å²) in [6.45, 7) is 2.11. The Morgan fingerprint density at radius 2 is 1.94 bits per heavy atom. The van der Waals surface area contributed by atoms with Crippen molar-refractivity contribution in [2.24, 2.45) is 11.7 Å². The van der Waals surface area contributed by atoms with E-state index < -0.39 is 0 Å². The minimum absolute atomic E-state index is 0.0821. The van der Waals surface area contributed by atoms with Gasteiger partial charge in [-0.25, -0.2) is 0 Å². The topological polar surface area (TPSA) is 97.4 Å². The van der Waals surface area contributed by atoms with Crippen LogP contribution in [-0.4, -0.2) is 54.6 Å². The molecular formula is C24H30N6O. The van der Waals surface area contributed by atoms with Crippen molar-refractivity contribution >= 4 is 11.6 Å². The molecule has 2 aromatic carbocycles. The van der Waals surface area contributed by atoms with Crippen LogP contribution in [0.25, 0.3) is 0 Å². The number of hydrogen-bond donors (Lipinski definition) is 3. The van der Waals surface area contributed by atoms with Crippen LogP contribution in [0, 0.1) is 17.2 Å². The Bertz CT molecular complexity index is 943. The molecule has 2 aliphatic rings. The molecule has 31 heavy (non-hydrogen) atoms. The molecule has 0 spiro atoms. The minimum atomic E-state index is -0.304. The highest BCUT2D eigenvalue weighted by Crippen LogP contribution is 2.30. The van der Waals surface area contributed by atoms with E-state index in [1.807, 2.05) is 55.6 Å². The van der Waals surface area contributed by atoms with E-state index in [4.69, 9.17) is 5.73 Å². The van der Waals surface area contributed by atoms with Gasteiger partial charge in [0.05, 0.1) is 23.3 Å². The number of nitrogens with two attached hydrogens (primary N) is 1. The van der Waals surface area contributed by atoms with Crippen LogP contribution in [0.4, 0.5) is 5.69 Å². The first kappa shape index (κ1) is 21.3. The van der Waals surface area contributed by atoms with Crippen LogP contribution < -0.4 is 16.4 Å². The van der Waals surface area contributed by atoms with Crippen molar-refractivity contribution in [2.75, 3.05) is 32.0 Å². The van der Waals surface area contributed by atoms with E-state index in [2.05, 4.69) is 21.6 Å². The molecule has 7 heteroatoms. The first-order valence-electron chi connectivity index (χ1n) is 10.9. The van der Waals surface area contributed by atoms with Gasteiger partial charge in [0.1, 0.15) is 12.2 Å². The average Bonchev–Trinajstić information content (AvgIpc) is 2.80. The number of carbonyl (C=O) groups is 1. The molecule has 7 nitrogen and oxygen atoms in total. The molecule has 0 bridgehead atoms. The van der Waals surface area contributed by atoms with E-state index >= 15 is 0 Å². The number of rotatable bonds is 5. The smallest absolute Gasteiger partial charge is 0.231 e. The maximum Gasteiger partial charge on any atom is 0.231 e. The molecule has 4 atom stereocenters. The monoisotopic (exact) mass is 418 g/mol. The van der Waals surface area contributed by atoms with E-state index in [0.29, 0.717) is 12.1 Å². The number of carbonyl (C=O) groups excluding carboxylic acids is 1. The molecule has 2 fully saturated rings. The van der Waals surface area contributed by atoms with Crippen LogP contribution >= 0.6 is 0 Å². The summed E-state index contributed by atoms with van der Waals surface area (Å²) in [5.74, 6) is -0.222. The third-order valence-corrected chi connectivity index (χ3v) is 6.32. The van der Waals surface area contributed by atoms with Gasteiger partial charge >= 0.3 is 0 Å².